The van der Waals surface area contributed by atoms with Crippen LogP contribution in [0.5, 0.6) is 0 Å². The van der Waals surface area contributed by atoms with E-state index in [-0.39, 0.29) is 0 Å². The van der Waals surface area contributed by atoms with Crippen LogP contribution in [0.4, 0.5) is 0 Å². The van der Waals surface area contributed by atoms with Gasteiger partial charge in [0.1, 0.15) is 0 Å². The van der Waals surface area contributed by atoms with Gasteiger partial charge in [-0.1, -0.05) is 35.9 Å². The third-order valence-corrected chi connectivity index (χ3v) is 2.04. The van der Waals surface area contributed by atoms with Gasteiger partial charge in [0.05, 0.1) is 0 Å². The summed E-state index contributed by atoms with van der Waals surface area (Å²) in [6.07, 6.45) is 2.79. The van der Waals surface area contributed by atoms with E-state index in [9.17, 15) is 0 Å². The predicted octanol–water partition coefficient (Wildman–Crippen LogP) is 3.04. The number of aryl methyl sites for hydroxylation is 1. The van der Waals surface area contributed by atoms with E-state index in [0.717, 1.165) is 12.5 Å². The first-order valence-electron chi connectivity index (χ1n) is 4.83. The van der Waals surface area contributed by atoms with Crippen LogP contribution in [-0.4, -0.2) is 13.7 Å². The van der Waals surface area contributed by atoms with Crippen molar-refractivity contribution in [1.29, 1.82) is 0 Å². The Labute approximate surface area is 80.7 Å². The molecule has 0 aliphatic heterocycles. The van der Waals surface area contributed by atoms with E-state index in [0.29, 0.717) is 0 Å². The molecule has 1 heteroatoms. The minimum absolute atomic E-state index is 0.926. The Morgan fingerprint density at radius 2 is 1.85 bits per heavy atom. The fourth-order valence-electron chi connectivity index (χ4n) is 1.05. The van der Waals surface area contributed by atoms with Crippen molar-refractivity contribution in [3.8, 4) is 0 Å². The number of ether oxygens (including phenoxy) is 1. The zero-order valence-electron chi connectivity index (χ0n) is 8.49. The second-order valence-electron chi connectivity index (χ2n) is 3.55. The van der Waals surface area contributed by atoms with Crippen LogP contribution < -0.4 is 0 Å². The minimum Gasteiger partial charge on any atom is -0.384 e. The van der Waals surface area contributed by atoms with Crippen LogP contribution in [0, 0.1) is 12.8 Å². The first-order chi connectivity index (χ1) is 6.33. The minimum atomic E-state index is 0.926. The first-order valence-corrected chi connectivity index (χ1v) is 4.83. The first kappa shape index (κ1) is 10.3. The quantitative estimate of drug-likeness (QED) is 0.676. The molecule has 0 N–H and O–H groups in total. The Morgan fingerprint density at radius 3 is 2.08 bits per heavy atom. The average molecular weight is 178 g/mol. The molecule has 0 unspecified atom stereocenters. The second-order valence-corrected chi connectivity index (χ2v) is 3.55. The molecule has 0 amide bonds. The summed E-state index contributed by atoms with van der Waals surface area (Å²) in [6.45, 7) is 3.07. The van der Waals surface area contributed by atoms with Crippen molar-refractivity contribution < 1.29 is 4.74 Å². The van der Waals surface area contributed by atoms with Gasteiger partial charge in [0.2, 0.25) is 0 Å². The number of methoxy groups -OCH3 is 1. The van der Waals surface area contributed by atoms with Crippen molar-refractivity contribution in [2.45, 2.75) is 19.8 Å². The summed E-state index contributed by atoms with van der Waals surface area (Å²) in [5.74, 6) is 0.926. The van der Waals surface area contributed by atoms with Gasteiger partial charge in [-0.15, -0.1) is 0 Å². The zero-order valence-corrected chi connectivity index (χ0v) is 8.49. The maximum Gasteiger partial charge on any atom is 0.0490 e. The Kier molecular flexibility index (Phi) is 4.55. The normalized spacial score (nSPS) is 14.6. The summed E-state index contributed by atoms with van der Waals surface area (Å²) in [7, 11) is 1.76. The highest BCUT2D eigenvalue weighted by Gasteiger charge is 2.19. The molecule has 13 heavy (non-hydrogen) atoms. The van der Waals surface area contributed by atoms with Gasteiger partial charge < -0.3 is 4.74 Å². The second kappa shape index (κ2) is 5.76. The van der Waals surface area contributed by atoms with E-state index in [1.807, 2.05) is 18.2 Å². The molecule has 0 atom stereocenters. The highest BCUT2D eigenvalue weighted by atomic mass is 16.5. The highest BCUT2D eigenvalue weighted by molar-refractivity contribution is 5.11. The van der Waals surface area contributed by atoms with Gasteiger partial charge in [0, 0.05) is 13.7 Å². The maximum atomic E-state index is 4.87. The van der Waals surface area contributed by atoms with E-state index in [2.05, 4.69) is 19.1 Å². The Balaban J connectivity index is 0.000000132. The number of hydrogen-bond acceptors (Lipinski definition) is 1. The van der Waals surface area contributed by atoms with Crippen molar-refractivity contribution in [3.63, 3.8) is 0 Å². The van der Waals surface area contributed by atoms with Crippen LogP contribution in [0.3, 0.4) is 0 Å². The third kappa shape index (κ3) is 5.42. The lowest BCUT2D eigenvalue weighted by Crippen LogP contribution is -1.87. The van der Waals surface area contributed by atoms with E-state index in [1.54, 1.807) is 7.11 Å². The lowest BCUT2D eigenvalue weighted by atomic mass is 10.2. The molecular formula is C12H18O. The lowest BCUT2D eigenvalue weighted by Gasteiger charge is -1.87. The van der Waals surface area contributed by atoms with Gasteiger partial charge in [-0.25, -0.2) is 0 Å². The third-order valence-electron chi connectivity index (χ3n) is 2.04. The molecule has 1 saturated carbocycles. The summed E-state index contributed by atoms with van der Waals surface area (Å²) in [5, 5.41) is 0. The molecule has 1 aromatic carbocycles. The van der Waals surface area contributed by atoms with Crippen molar-refractivity contribution in [1.82, 2.24) is 0 Å². The number of benzene rings is 1. The molecule has 0 saturated heterocycles. The Hall–Kier alpha value is -0.820. The predicted molar refractivity (Wildman–Crippen MR) is 55.8 cm³/mol. The van der Waals surface area contributed by atoms with Crippen molar-refractivity contribution in [2.24, 2.45) is 5.92 Å². The molecule has 0 heterocycles. The van der Waals surface area contributed by atoms with Crippen LogP contribution in [-0.2, 0) is 4.74 Å². The maximum absolute atomic E-state index is 4.87. The molecule has 2 rings (SSSR count). The zero-order chi connectivity index (χ0) is 9.52. The molecule has 1 aromatic rings. The summed E-state index contributed by atoms with van der Waals surface area (Å²) >= 11 is 0. The molecule has 0 radical (unpaired) electrons. The molecular weight excluding hydrogens is 160 g/mol. The SMILES string of the molecule is COCC1CC1.Cc1ccccc1. The smallest absolute Gasteiger partial charge is 0.0490 e. The van der Waals surface area contributed by atoms with E-state index in [1.165, 1.54) is 18.4 Å². The van der Waals surface area contributed by atoms with Crippen LogP contribution >= 0.6 is 0 Å². The molecule has 72 valence electrons. The number of rotatable bonds is 2. The van der Waals surface area contributed by atoms with Gasteiger partial charge in [-0.05, 0) is 25.7 Å². The Morgan fingerprint density at radius 1 is 1.23 bits per heavy atom. The largest absolute Gasteiger partial charge is 0.384 e. The molecule has 1 fully saturated rings. The summed E-state index contributed by atoms with van der Waals surface area (Å²) in [6, 6.07) is 10.3. The van der Waals surface area contributed by atoms with Gasteiger partial charge in [0.25, 0.3) is 0 Å². The van der Waals surface area contributed by atoms with Crippen LogP contribution in [0.25, 0.3) is 0 Å². The van der Waals surface area contributed by atoms with Crippen molar-refractivity contribution in [2.75, 3.05) is 13.7 Å². The summed E-state index contributed by atoms with van der Waals surface area (Å²) < 4.78 is 4.87. The van der Waals surface area contributed by atoms with Gasteiger partial charge >= 0.3 is 0 Å². The standard InChI is InChI=1S/C7H8.C5H10O/c1-7-5-3-2-4-6-7;1-6-4-5-2-3-5/h2-6H,1H3;5H,2-4H2,1H3. The topological polar surface area (TPSA) is 9.23 Å². The van der Waals surface area contributed by atoms with Crippen molar-refractivity contribution in [3.05, 3.63) is 35.9 Å². The summed E-state index contributed by atoms with van der Waals surface area (Å²) in [5.41, 5.74) is 1.32. The van der Waals surface area contributed by atoms with E-state index >= 15 is 0 Å². The highest BCUT2D eigenvalue weighted by Crippen LogP contribution is 2.28. The van der Waals surface area contributed by atoms with E-state index in [4.69, 9.17) is 4.74 Å². The van der Waals surface area contributed by atoms with Crippen LogP contribution in [0.2, 0.25) is 0 Å². The van der Waals surface area contributed by atoms with Gasteiger partial charge in [-0.3, -0.25) is 0 Å². The number of hydrogen-bond donors (Lipinski definition) is 0. The molecule has 0 aromatic heterocycles. The summed E-state index contributed by atoms with van der Waals surface area (Å²) in [4.78, 5) is 0. The van der Waals surface area contributed by atoms with Crippen LogP contribution in [0.15, 0.2) is 30.3 Å². The fourth-order valence-corrected chi connectivity index (χ4v) is 1.05. The Bertz CT molecular complexity index is 214. The molecule has 1 aliphatic carbocycles. The monoisotopic (exact) mass is 178 g/mol. The molecule has 1 nitrogen and oxygen atoms in total. The van der Waals surface area contributed by atoms with Gasteiger partial charge in [0.15, 0.2) is 0 Å². The average Bonchev–Trinajstić information content (AvgIpc) is 2.91. The van der Waals surface area contributed by atoms with E-state index < -0.39 is 0 Å². The van der Waals surface area contributed by atoms with Gasteiger partial charge in [-0.2, -0.15) is 0 Å². The molecule has 1 aliphatic rings. The lowest BCUT2D eigenvalue weighted by molar-refractivity contribution is 0.186. The molecule has 0 bridgehead atoms. The fraction of sp³-hybridized carbons (Fsp3) is 0.500. The molecule has 0 spiro atoms. The van der Waals surface area contributed by atoms with Crippen molar-refractivity contribution >= 4 is 0 Å². The van der Waals surface area contributed by atoms with Crippen LogP contribution in [0.1, 0.15) is 18.4 Å².